The van der Waals surface area contributed by atoms with E-state index in [4.69, 9.17) is 23.7 Å². The van der Waals surface area contributed by atoms with Gasteiger partial charge in [0.1, 0.15) is 17.9 Å². The lowest BCUT2D eigenvalue weighted by Gasteiger charge is -2.27. The quantitative estimate of drug-likeness (QED) is 0.0483. The van der Waals surface area contributed by atoms with E-state index in [1.807, 2.05) is 0 Å². The van der Waals surface area contributed by atoms with Crippen molar-refractivity contribution in [3.63, 3.8) is 0 Å². The highest BCUT2D eigenvalue weighted by Gasteiger charge is 2.53. The van der Waals surface area contributed by atoms with Gasteiger partial charge in [0.05, 0.1) is 31.6 Å². The SMILES string of the molecule is CCOC(=O)C(COC(=O)Oc1c(F)cc(NC(=O)c2ccc(OC)cc2-c2ccc(C(F)(F)F)cc2)c(C(=O)N(C)C)c1F)(C(=O)OCC)c1cccs1. The van der Waals surface area contributed by atoms with E-state index in [0.717, 1.165) is 40.5 Å². The number of benzene rings is 3. The third kappa shape index (κ3) is 9.02. The van der Waals surface area contributed by atoms with Crippen molar-refractivity contribution in [3.05, 3.63) is 99.2 Å². The van der Waals surface area contributed by atoms with E-state index in [2.05, 4.69) is 5.32 Å². The summed E-state index contributed by atoms with van der Waals surface area (Å²) in [5, 5.41) is 3.78. The Bertz CT molecular complexity index is 2050. The standard InChI is InChI=1S/C37H33F5N2O10S/c1-6-51-33(47)36(34(48)52-7-2,27-9-8-16-55-27)19-53-35(49)54-30-25(38)18-26(28(29(30)39)32(46)44(3)4)43-31(45)23-15-14-22(50-5)17-24(23)20-10-12-21(13-11-20)37(40,41)42/h8-18H,6-7,19H2,1-5H3,(H,43,45). The number of thiophene rings is 1. The number of ether oxygens (including phenoxy) is 5. The summed E-state index contributed by atoms with van der Waals surface area (Å²) in [6.45, 7) is 1.51. The van der Waals surface area contributed by atoms with Gasteiger partial charge in [0, 0.05) is 30.6 Å². The molecule has 1 heterocycles. The van der Waals surface area contributed by atoms with Crippen LogP contribution in [0.2, 0.25) is 0 Å². The Balaban J connectivity index is 1.70. The van der Waals surface area contributed by atoms with Crippen molar-refractivity contribution in [2.75, 3.05) is 46.3 Å². The van der Waals surface area contributed by atoms with Crippen LogP contribution < -0.4 is 14.8 Å². The number of halogens is 5. The molecule has 0 aliphatic rings. The fourth-order valence-electron chi connectivity index (χ4n) is 5.12. The number of anilines is 1. The van der Waals surface area contributed by atoms with Gasteiger partial charge in [0.15, 0.2) is 11.6 Å². The molecule has 18 heteroatoms. The van der Waals surface area contributed by atoms with Crippen LogP contribution in [0.5, 0.6) is 11.5 Å². The Morgan fingerprint density at radius 2 is 1.49 bits per heavy atom. The Hall–Kier alpha value is -6.04. The molecule has 1 N–H and O–H groups in total. The van der Waals surface area contributed by atoms with Gasteiger partial charge in [0.2, 0.25) is 11.2 Å². The fraction of sp³-hybridized carbons (Fsp3) is 0.270. The van der Waals surface area contributed by atoms with Crippen molar-refractivity contribution in [3.8, 4) is 22.6 Å². The van der Waals surface area contributed by atoms with E-state index in [-0.39, 0.29) is 40.5 Å². The van der Waals surface area contributed by atoms with Crippen molar-refractivity contribution >= 4 is 46.9 Å². The minimum Gasteiger partial charge on any atom is -0.497 e. The molecule has 0 unspecified atom stereocenters. The van der Waals surface area contributed by atoms with Crippen LogP contribution in [0.1, 0.15) is 45.0 Å². The molecule has 12 nitrogen and oxygen atoms in total. The van der Waals surface area contributed by atoms with Crippen LogP contribution in [0.15, 0.2) is 66.0 Å². The first kappa shape index (κ1) is 41.7. The van der Waals surface area contributed by atoms with Crippen LogP contribution >= 0.6 is 11.3 Å². The summed E-state index contributed by atoms with van der Waals surface area (Å²) in [6, 6.07) is 11.2. The van der Waals surface area contributed by atoms with Crippen LogP contribution in [-0.2, 0) is 35.4 Å². The third-order valence-corrected chi connectivity index (χ3v) is 8.85. The summed E-state index contributed by atoms with van der Waals surface area (Å²) >= 11 is 0.936. The highest BCUT2D eigenvalue weighted by atomic mass is 32.1. The van der Waals surface area contributed by atoms with Crippen molar-refractivity contribution in [1.29, 1.82) is 0 Å². The molecule has 0 atom stereocenters. The van der Waals surface area contributed by atoms with Gasteiger partial charge in [-0.15, -0.1) is 11.3 Å². The van der Waals surface area contributed by atoms with Gasteiger partial charge in [0.25, 0.3) is 11.8 Å². The average molecular weight is 793 g/mol. The largest absolute Gasteiger partial charge is 0.514 e. The summed E-state index contributed by atoms with van der Waals surface area (Å²) in [5.74, 6) is -9.00. The number of nitrogens with one attached hydrogen (secondary N) is 1. The van der Waals surface area contributed by atoms with E-state index in [1.165, 1.54) is 70.8 Å². The van der Waals surface area contributed by atoms with Crippen molar-refractivity contribution in [2.45, 2.75) is 25.4 Å². The Morgan fingerprint density at radius 3 is 2.02 bits per heavy atom. The number of hydrogen-bond donors (Lipinski definition) is 1. The Kier molecular flexibility index (Phi) is 13.2. The van der Waals surface area contributed by atoms with Crippen molar-refractivity contribution in [1.82, 2.24) is 4.90 Å². The zero-order chi connectivity index (χ0) is 40.7. The molecular weight excluding hydrogens is 759 g/mol. The number of esters is 2. The highest BCUT2D eigenvalue weighted by molar-refractivity contribution is 7.10. The summed E-state index contributed by atoms with van der Waals surface area (Å²) in [4.78, 5) is 67.1. The van der Waals surface area contributed by atoms with E-state index >= 15 is 8.78 Å². The lowest BCUT2D eigenvalue weighted by atomic mass is 9.87. The molecule has 0 aliphatic heterocycles. The van der Waals surface area contributed by atoms with Crippen molar-refractivity contribution < 1.29 is 69.6 Å². The maximum atomic E-state index is 16.1. The third-order valence-electron chi connectivity index (χ3n) is 7.82. The minimum absolute atomic E-state index is 0.0619. The number of rotatable bonds is 13. The topological polar surface area (TPSA) is 147 Å². The second-order valence-electron chi connectivity index (χ2n) is 11.5. The number of alkyl halides is 3. The molecule has 292 valence electrons. The zero-order valence-corrected chi connectivity index (χ0v) is 30.6. The van der Waals surface area contributed by atoms with Gasteiger partial charge >= 0.3 is 24.3 Å². The molecule has 1 aromatic heterocycles. The summed E-state index contributed by atoms with van der Waals surface area (Å²) in [6.07, 6.45) is -6.43. The first-order valence-electron chi connectivity index (χ1n) is 16.1. The maximum Gasteiger partial charge on any atom is 0.514 e. The molecule has 0 aliphatic carbocycles. The van der Waals surface area contributed by atoms with Gasteiger partial charge < -0.3 is 33.9 Å². The number of carbonyl (C=O) groups excluding carboxylic acids is 5. The number of nitrogens with zero attached hydrogens (tertiary/aromatic N) is 1. The monoisotopic (exact) mass is 792 g/mol. The van der Waals surface area contributed by atoms with Crippen LogP contribution in [0, 0.1) is 11.6 Å². The molecular formula is C37H33F5N2O10S. The predicted molar refractivity (Wildman–Crippen MR) is 187 cm³/mol. The van der Waals surface area contributed by atoms with Crippen LogP contribution in [-0.4, -0.2) is 75.8 Å². The molecule has 4 rings (SSSR count). The first-order valence-corrected chi connectivity index (χ1v) is 17.0. The number of hydrogen-bond acceptors (Lipinski definition) is 11. The smallest absolute Gasteiger partial charge is 0.497 e. The fourth-order valence-corrected chi connectivity index (χ4v) is 6.01. The van der Waals surface area contributed by atoms with E-state index < -0.39 is 82.3 Å². The molecule has 0 spiro atoms. The van der Waals surface area contributed by atoms with E-state index in [1.54, 1.807) is 0 Å². The normalized spacial score (nSPS) is 11.3. The van der Waals surface area contributed by atoms with Gasteiger partial charge in [-0.05, 0) is 66.8 Å². The van der Waals surface area contributed by atoms with Gasteiger partial charge in [-0.3, -0.25) is 19.2 Å². The maximum absolute atomic E-state index is 16.1. The molecule has 55 heavy (non-hydrogen) atoms. The second-order valence-corrected chi connectivity index (χ2v) is 12.5. The first-order chi connectivity index (χ1) is 26.0. The highest BCUT2D eigenvalue weighted by Crippen LogP contribution is 2.37. The number of amides is 2. The summed E-state index contributed by atoms with van der Waals surface area (Å²) < 4.78 is 96.6. The lowest BCUT2D eigenvalue weighted by molar-refractivity contribution is -0.167. The molecule has 0 saturated heterocycles. The Labute approximate surface area is 314 Å². The molecule has 4 aromatic rings. The van der Waals surface area contributed by atoms with Gasteiger partial charge in [-0.25, -0.2) is 13.6 Å². The van der Waals surface area contributed by atoms with Crippen LogP contribution in [0.25, 0.3) is 11.1 Å². The van der Waals surface area contributed by atoms with Crippen LogP contribution in [0.3, 0.4) is 0 Å². The van der Waals surface area contributed by atoms with Crippen LogP contribution in [0.4, 0.5) is 32.4 Å². The molecule has 0 bridgehead atoms. The van der Waals surface area contributed by atoms with Gasteiger partial charge in [-0.2, -0.15) is 13.2 Å². The molecule has 0 saturated carbocycles. The summed E-state index contributed by atoms with van der Waals surface area (Å²) in [7, 11) is 3.75. The molecule has 3 aromatic carbocycles. The average Bonchev–Trinajstić information content (AvgIpc) is 3.68. The zero-order valence-electron chi connectivity index (χ0n) is 29.8. The lowest BCUT2D eigenvalue weighted by Crippen LogP contribution is -2.50. The second kappa shape index (κ2) is 17.4. The summed E-state index contributed by atoms with van der Waals surface area (Å²) in [5.41, 5.74) is -4.93. The van der Waals surface area contributed by atoms with Gasteiger partial charge in [-0.1, -0.05) is 18.2 Å². The Morgan fingerprint density at radius 1 is 0.855 bits per heavy atom. The molecule has 0 radical (unpaired) electrons. The van der Waals surface area contributed by atoms with E-state index in [9.17, 15) is 37.1 Å². The minimum atomic E-state index is -4.64. The van der Waals surface area contributed by atoms with Crippen molar-refractivity contribution in [2.24, 2.45) is 0 Å². The predicted octanol–water partition coefficient (Wildman–Crippen LogP) is 7.25. The number of methoxy groups -OCH3 is 1. The molecule has 2 amide bonds. The van der Waals surface area contributed by atoms with E-state index in [0.29, 0.717) is 6.07 Å². The molecule has 0 fully saturated rings. The number of carbonyl (C=O) groups is 5.